The molecule has 0 saturated carbocycles. The van der Waals surface area contributed by atoms with E-state index in [0.717, 1.165) is 5.56 Å². The van der Waals surface area contributed by atoms with Crippen LogP contribution in [0, 0.1) is 5.92 Å². The highest BCUT2D eigenvalue weighted by molar-refractivity contribution is 6.31. The zero-order valence-corrected chi connectivity index (χ0v) is 11.2. The van der Waals surface area contributed by atoms with Crippen molar-refractivity contribution in [2.24, 2.45) is 11.7 Å². The van der Waals surface area contributed by atoms with E-state index < -0.39 is 11.9 Å². The van der Waals surface area contributed by atoms with Gasteiger partial charge in [-0.3, -0.25) is 9.59 Å². The first-order chi connectivity index (χ1) is 8.41. The number of amides is 2. The minimum atomic E-state index is -0.736. The smallest absolute Gasteiger partial charge is 0.240 e. The molecule has 4 nitrogen and oxygen atoms in total. The highest BCUT2D eigenvalue weighted by Gasteiger charge is 2.20. The number of nitrogens with one attached hydrogen (secondary N) is 1. The van der Waals surface area contributed by atoms with Crippen molar-refractivity contribution in [3.63, 3.8) is 0 Å². The Morgan fingerprint density at radius 1 is 1.33 bits per heavy atom. The molecule has 1 aromatic rings. The lowest BCUT2D eigenvalue weighted by atomic mass is 10.0. The Morgan fingerprint density at radius 2 is 1.94 bits per heavy atom. The number of rotatable bonds is 5. The van der Waals surface area contributed by atoms with Crippen molar-refractivity contribution in [2.45, 2.75) is 26.3 Å². The SMILES string of the molecule is CC(C)C(=O)N[C@H](Cc1ccccc1Cl)C(N)=O. The van der Waals surface area contributed by atoms with Crippen LogP contribution in [0.4, 0.5) is 0 Å². The van der Waals surface area contributed by atoms with Gasteiger partial charge in [0.2, 0.25) is 11.8 Å². The quantitative estimate of drug-likeness (QED) is 0.850. The molecule has 0 fully saturated rings. The zero-order chi connectivity index (χ0) is 13.7. The predicted molar refractivity (Wildman–Crippen MR) is 71.1 cm³/mol. The molecule has 1 atom stereocenters. The Kier molecular flexibility index (Phi) is 5.16. The normalized spacial score (nSPS) is 12.2. The Morgan fingerprint density at radius 3 is 2.44 bits per heavy atom. The molecule has 0 saturated heterocycles. The molecule has 0 aliphatic rings. The van der Waals surface area contributed by atoms with E-state index in [1.807, 2.05) is 6.07 Å². The summed E-state index contributed by atoms with van der Waals surface area (Å²) < 4.78 is 0. The number of nitrogens with two attached hydrogens (primary N) is 1. The summed E-state index contributed by atoms with van der Waals surface area (Å²) in [4.78, 5) is 22.9. The molecule has 18 heavy (non-hydrogen) atoms. The minimum Gasteiger partial charge on any atom is -0.368 e. The van der Waals surface area contributed by atoms with Crippen LogP contribution in [0.15, 0.2) is 24.3 Å². The largest absolute Gasteiger partial charge is 0.368 e. The minimum absolute atomic E-state index is 0.196. The van der Waals surface area contributed by atoms with E-state index in [9.17, 15) is 9.59 Å². The van der Waals surface area contributed by atoms with Gasteiger partial charge < -0.3 is 11.1 Å². The number of carbonyl (C=O) groups excluding carboxylic acids is 2. The molecule has 5 heteroatoms. The average molecular weight is 269 g/mol. The van der Waals surface area contributed by atoms with E-state index in [1.165, 1.54) is 0 Å². The van der Waals surface area contributed by atoms with Gasteiger partial charge in [-0.25, -0.2) is 0 Å². The zero-order valence-electron chi connectivity index (χ0n) is 10.4. The van der Waals surface area contributed by atoms with Crippen molar-refractivity contribution in [3.8, 4) is 0 Å². The van der Waals surface area contributed by atoms with Crippen molar-refractivity contribution in [1.29, 1.82) is 0 Å². The average Bonchev–Trinajstić information content (AvgIpc) is 2.30. The number of primary amides is 1. The summed E-state index contributed by atoms with van der Waals surface area (Å²) in [6.45, 7) is 3.51. The molecule has 0 heterocycles. The third-order valence-corrected chi connectivity index (χ3v) is 2.93. The summed E-state index contributed by atoms with van der Waals surface area (Å²) in [5, 5.41) is 3.18. The van der Waals surface area contributed by atoms with Crippen LogP contribution in [0.2, 0.25) is 5.02 Å². The van der Waals surface area contributed by atoms with Gasteiger partial charge in [-0.1, -0.05) is 43.6 Å². The molecule has 0 aliphatic heterocycles. The molecule has 1 aromatic carbocycles. The van der Waals surface area contributed by atoms with Gasteiger partial charge in [-0.15, -0.1) is 0 Å². The van der Waals surface area contributed by atoms with Gasteiger partial charge in [0.1, 0.15) is 6.04 Å². The lowest BCUT2D eigenvalue weighted by Crippen LogP contribution is -2.47. The predicted octanol–water partition coefficient (Wildman–Crippen LogP) is 1.51. The summed E-state index contributed by atoms with van der Waals surface area (Å²) in [6, 6.07) is 6.43. The van der Waals surface area contributed by atoms with Gasteiger partial charge in [0, 0.05) is 17.4 Å². The molecule has 2 amide bonds. The molecule has 0 spiro atoms. The maximum Gasteiger partial charge on any atom is 0.240 e. The van der Waals surface area contributed by atoms with Gasteiger partial charge in [-0.05, 0) is 11.6 Å². The summed E-state index contributed by atoms with van der Waals surface area (Å²) in [7, 11) is 0. The molecule has 0 aliphatic carbocycles. The first kappa shape index (κ1) is 14.5. The number of halogens is 1. The van der Waals surface area contributed by atoms with Gasteiger partial charge in [0.25, 0.3) is 0 Å². The Labute approximate surface area is 112 Å². The van der Waals surface area contributed by atoms with Crippen LogP contribution in [-0.2, 0) is 16.0 Å². The molecule has 0 unspecified atom stereocenters. The second kappa shape index (κ2) is 6.40. The topological polar surface area (TPSA) is 72.2 Å². The van der Waals surface area contributed by atoms with Crippen LogP contribution < -0.4 is 11.1 Å². The Bertz CT molecular complexity index is 446. The lowest BCUT2D eigenvalue weighted by Gasteiger charge is -2.17. The van der Waals surface area contributed by atoms with E-state index in [1.54, 1.807) is 32.0 Å². The standard InChI is InChI=1S/C13H17ClN2O2/c1-8(2)13(18)16-11(12(15)17)7-9-5-3-4-6-10(9)14/h3-6,8,11H,7H2,1-2H3,(H2,15,17)(H,16,18)/t11-/m1/s1. The molecular formula is C13H17ClN2O2. The molecule has 1 rings (SSSR count). The van der Waals surface area contributed by atoms with E-state index in [2.05, 4.69) is 5.32 Å². The molecule has 98 valence electrons. The fraction of sp³-hybridized carbons (Fsp3) is 0.385. The molecule has 3 N–H and O–H groups in total. The lowest BCUT2D eigenvalue weighted by molar-refractivity contribution is -0.129. The van der Waals surface area contributed by atoms with Gasteiger partial charge in [-0.2, -0.15) is 0 Å². The van der Waals surface area contributed by atoms with E-state index in [-0.39, 0.29) is 11.8 Å². The summed E-state index contributed by atoms with van der Waals surface area (Å²) in [5.74, 6) is -0.965. The van der Waals surface area contributed by atoms with E-state index in [4.69, 9.17) is 17.3 Å². The van der Waals surface area contributed by atoms with Crippen LogP contribution >= 0.6 is 11.6 Å². The number of benzene rings is 1. The van der Waals surface area contributed by atoms with Crippen molar-refractivity contribution in [2.75, 3.05) is 0 Å². The van der Waals surface area contributed by atoms with Gasteiger partial charge in [0.05, 0.1) is 0 Å². The van der Waals surface area contributed by atoms with Crippen molar-refractivity contribution in [1.82, 2.24) is 5.32 Å². The van der Waals surface area contributed by atoms with Gasteiger partial charge >= 0.3 is 0 Å². The summed E-state index contributed by atoms with van der Waals surface area (Å²) in [5.41, 5.74) is 6.07. The Hall–Kier alpha value is -1.55. The van der Waals surface area contributed by atoms with Crippen LogP contribution in [0.3, 0.4) is 0 Å². The van der Waals surface area contributed by atoms with Crippen molar-refractivity contribution >= 4 is 23.4 Å². The molecule has 0 radical (unpaired) electrons. The summed E-state index contributed by atoms with van der Waals surface area (Å²) >= 11 is 6.01. The number of carbonyl (C=O) groups is 2. The highest BCUT2D eigenvalue weighted by atomic mass is 35.5. The second-order valence-electron chi connectivity index (χ2n) is 4.41. The van der Waals surface area contributed by atoms with Crippen molar-refractivity contribution in [3.05, 3.63) is 34.9 Å². The maximum absolute atomic E-state index is 11.6. The third kappa shape index (κ3) is 4.04. The Balaban J connectivity index is 2.79. The maximum atomic E-state index is 11.6. The van der Waals surface area contributed by atoms with Crippen LogP contribution in [-0.4, -0.2) is 17.9 Å². The van der Waals surface area contributed by atoms with E-state index in [0.29, 0.717) is 11.4 Å². The molecule has 0 aromatic heterocycles. The molecule has 0 bridgehead atoms. The summed E-state index contributed by atoms with van der Waals surface area (Å²) in [6.07, 6.45) is 0.299. The van der Waals surface area contributed by atoms with Crippen LogP contribution in [0.25, 0.3) is 0 Å². The number of hydrogen-bond acceptors (Lipinski definition) is 2. The van der Waals surface area contributed by atoms with Crippen molar-refractivity contribution < 1.29 is 9.59 Å². The fourth-order valence-corrected chi connectivity index (χ4v) is 1.66. The highest BCUT2D eigenvalue weighted by Crippen LogP contribution is 2.16. The first-order valence-corrected chi connectivity index (χ1v) is 6.12. The monoisotopic (exact) mass is 268 g/mol. The second-order valence-corrected chi connectivity index (χ2v) is 4.82. The number of hydrogen-bond donors (Lipinski definition) is 2. The van der Waals surface area contributed by atoms with Crippen LogP contribution in [0.1, 0.15) is 19.4 Å². The molecular weight excluding hydrogens is 252 g/mol. The van der Waals surface area contributed by atoms with E-state index >= 15 is 0 Å². The third-order valence-electron chi connectivity index (χ3n) is 2.57. The first-order valence-electron chi connectivity index (χ1n) is 5.75. The van der Waals surface area contributed by atoms with Gasteiger partial charge in [0.15, 0.2) is 0 Å². The van der Waals surface area contributed by atoms with Crippen LogP contribution in [0.5, 0.6) is 0 Å². The fourth-order valence-electron chi connectivity index (χ4n) is 1.44.